The molecule has 1 saturated heterocycles. The second-order valence-electron chi connectivity index (χ2n) is 6.09. The van der Waals surface area contributed by atoms with Gasteiger partial charge >= 0.3 is 0 Å². The lowest BCUT2D eigenvalue weighted by Crippen LogP contribution is -2.50. The predicted molar refractivity (Wildman–Crippen MR) is 96.7 cm³/mol. The van der Waals surface area contributed by atoms with Crippen LogP contribution in [0.15, 0.2) is 47.6 Å². The summed E-state index contributed by atoms with van der Waals surface area (Å²) in [5.74, 6) is -0.338. The number of hydrogen-bond acceptors (Lipinski definition) is 6. The maximum absolute atomic E-state index is 12.7. The Morgan fingerprint density at radius 1 is 1.15 bits per heavy atom. The number of nitrogens with zero attached hydrogens (tertiary/aromatic N) is 4. The van der Waals surface area contributed by atoms with E-state index in [1.807, 2.05) is 0 Å². The van der Waals surface area contributed by atoms with Crippen molar-refractivity contribution in [3.63, 3.8) is 0 Å². The number of hydrogen-bond donors (Lipinski definition) is 0. The number of carbonyl (C=O) groups is 1. The number of sulfonamides is 1. The van der Waals surface area contributed by atoms with E-state index in [0.717, 1.165) is 0 Å². The summed E-state index contributed by atoms with van der Waals surface area (Å²) >= 11 is 0. The van der Waals surface area contributed by atoms with Gasteiger partial charge in [-0.3, -0.25) is 19.9 Å². The Balaban J connectivity index is 1.74. The Morgan fingerprint density at radius 3 is 2.44 bits per heavy atom. The first-order chi connectivity index (χ1) is 12.8. The summed E-state index contributed by atoms with van der Waals surface area (Å²) in [6.45, 7) is 2.25. The van der Waals surface area contributed by atoms with Crippen molar-refractivity contribution in [2.24, 2.45) is 0 Å². The number of nitro groups is 1. The van der Waals surface area contributed by atoms with Gasteiger partial charge in [-0.05, 0) is 25.1 Å². The van der Waals surface area contributed by atoms with Gasteiger partial charge in [0.05, 0.1) is 4.92 Å². The first kappa shape index (κ1) is 18.9. The lowest BCUT2D eigenvalue weighted by atomic mass is 10.1. The number of nitro benzene ring substituents is 1. The molecule has 1 amide bonds. The van der Waals surface area contributed by atoms with Gasteiger partial charge < -0.3 is 4.90 Å². The molecular formula is C17H18N4O5S. The molecule has 1 aliphatic heterocycles. The lowest BCUT2D eigenvalue weighted by Gasteiger charge is -2.34. The second-order valence-corrected chi connectivity index (χ2v) is 8.03. The van der Waals surface area contributed by atoms with Gasteiger partial charge in [0.15, 0.2) is 0 Å². The maximum Gasteiger partial charge on any atom is 0.273 e. The Morgan fingerprint density at radius 2 is 1.85 bits per heavy atom. The average Bonchev–Trinajstić information content (AvgIpc) is 2.68. The van der Waals surface area contributed by atoms with E-state index < -0.39 is 14.9 Å². The molecule has 0 bridgehead atoms. The Hall–Kier alpha value is -2.85. The Kier molecular flexibility index (Phi) is 5.19. The van der Waals surface area contributed by atoms with Crippen molar-refractivity contribution in [3.8, 4) is 0 Å². The molecule has 2 heterocycles. The van der Waals surface area contributed by atoms with Crippen LogP contribution >= 0.6 is 0 Å². The fraction of sp³-hybridized carbons (Fsp3) is 0.294. The zero-order chi connectivity index (χ0) is 19.6. The smallest absolute Gasteiger partial charge is 0.273 e. The van der Waals surface area contributed by atoms with Crippen molar-refractivity contribution in [1.29, 1.82) is 0 Å². The van der Waals surface area contributed by atoms with E-state index in [2.05, 4.69) is 4.98 Å². The highest BCUT2D eigenvalue weighted by Crippen LogP contribution is 2.23. The number of rotatable bonds is 4. The number of aromatic nitrogens is 1. The molecule has 0 spiro atoms. The standard InChI is InChI=1S/C17H18N4O5S/c1-13-15(5-2-6-16(13)21(23)24)17(22)19-8-10-20(11-9-19)27(25,26)14-4-3-7-18-12-14/h2-7,12H,8-11H2,1H3. The largest absolute Gasteiger partial charge is 0.336 e. The Bertz CT molecular complexity index is 970. The summed E-state index contributed by atoms with van der Waals surface area (Å²) in [7, 11) is -3.66. The van der Waals surface area contributed by atoms with Crippen LogP contribution in [0.3, 0.4) is 0 Å². The number of pyridine rings is 1. The molecule has 1 aromatic heterocycles. The molecule has 0 unspecified atom stereocenters. The summed E-state index contributed by atoms with van der Waals surface area (Å²) < 4.78 is 26.5. The highest BCUT2D eigenvalue weighted by molar-refractivity contribution is 7.89. The molecule has 2 aromatic rings. The molecule has 9 nitrogen and oxygen atoms in total. The number of piperazine rings is 1. The van der Waals surface area contributed by atoms with Crippen LogP contribution in [0.2, 0.25) is 0 Å². The van der Waals surface area contributed by atoms with E-state index in [1.165, 1.54) is 46.7 Å². The highest BCUT2D eigenvalue weighted by atomic mass is 32.2. The van der Waals surface area contributed by atoms with Crippen molar-refractivity contribution in [3.05, 3.63) is 64.0 Å². The van der Waals surface area contributed by atoms with E-state index >= 15 is 0 Å². The topological polar surface area (TPSA) is 114 Å². The molecular weight excluding hydrogens is 372 g/mol. The van der Waals surface area contributed by atoms with Gasteiger partial charge in [0, 0.05) is 55.8 Å². The van der Waals surface area contributed by atoms with E-state index in [0.29, 0.717) is 5.56 Å². The molecule has 1 aliphatic rings. The Labute approximate surface area is 156 Å². The van der Waals surface area contributed by atoms with Gasteiger partial charge in [0.25, 0.3) is 11.6 Å². The van der Waals surface area contributed by atoms with Gasteiger partial charge in [0.1, 0.15) is 4.90 Å². The third-order valence-corrected chi connectivity index (χ3v) is 6.41. The molecule has 0 atom stereocenters. The molecule has 0 saturated carbocycles. The monoisotopic (exact) mass is 390 g/mol. The number of carbonyl (C=O) groups excluding carboxylic acids is 1. The lowest BCUT2D eigenvalue weighted by molar-refractivity contribution is -0.385. The molecule has 1 aromatic carbocycles. The average molecular weight is 390 g/mol. The van der Waals surface area contributed by atoms with Gasteiger partial charge in [-0.15, -0.1) is 0 Å². The fourth-order valence-electron chi connectivity index (χ4n) is 3.00. The van der Waals surface area contributed by atoms with Crippen LogP contribution in [-0.2, 0) is 10.0 Å². The van der Waals surface area contributed by atoms with E-state index in [-0.39, 0.29) is 48.2 Å². The zero-order valence-corrected chi connectivity index (χ0v) is 15.4. The predicted octanol–water partition coefficient (Wildman–Crippen LogP) is 1.44. The third-order valence-electron chi connectivity index (χ3n) is 4.53. The first-order valence-corrected chi connectivity index (χ1v) is 9.70. The van der Waals surface area contributed by atoms with Crippen LogP contribution in [0.5, 0.6) is 0 Å². The quantitative estimate of drug-likeness (QED) is 0.577. The van der Waals surface area contributed by atoms with Crippen LogP contribution in [0.1, 0.15) is 15.9 Å². The molecule has 10 heteroatoms. The highest BCUT2D eigenvalue weighted by Gasteiger charge is 2.31. The zero-order valence-electron chi connectivity index (χ0n) is 14.6. The molecule has 1 fully saturated rings. The molecule has 0 aliphatic carbocycles. The molecule has 142 valence electrons. The van der Waals surface area contributed by atoms with Crippen LogP contribution in [0, 0.1) is 17.0 Å². The van der Waals surface area contributed by atoms with Crippen molar-refractivity contribution < 1.29 is 18.1 Å². The van der Waals surface area contributed by atoms with Crippen LogP contribution < -0.4 is 0 Å². The number of benzene rings is 1. The molecule has 27 heavy (non-hydrogen) atoms. The normalized spacial score (nSPS) is 15.5. The van der Waals surface area contributed by atoms with Crippen LogP contribution in [0.4, 0.5) is 5.69 Å². The van der Waals surface area contributed by atoms with Crippen molar-refractivity contribution in [2.45, 2.75) is 11.8 Å². The summed E-state index contributed by atoms with van der Waals surface area (Å²) in [5, 5.41) is 11.1. The summed E-state index contributed by atoms with van der Waals surface area (Å²) in [6, 6.07) is 7.40. The van der Waals surface area contributed by atoms with E-state index in [4.69, 9.17) is 0 Å². The second kappa shape index (κ2) is 7.41. The summed E-state index contributed by atoms with van der Waals surface area (Å²) in [6.07, 6.45) is 2.79. The van der Waals surface area contributed by atoms with E-state index in [9.17, 15) is 23.3 Å². The van der Waals surface area contributed by atoms with Crippen LogP contribution in [0.25, 0.3) is 0 Å². The summed E-state index contributed by atoms with van der Waals surface area (Å²) in [5.41, 5.74) is 0.448. The minimum absolute atomic E-state index is 0.110. The summed E-state index contributed by atoms with van der Waals surface area (Å²) in [4.78, 5) is 28.7. The van der Waals surface area contributed by atoms with E-state index in [1.54, 1.807) is 12.1 Å². The van der Waals surface area contributed by atoms with Gasteiger partial charge in [-0.25, -0.2) is 8.42 Å². The third kappa shape index (κ3) is 3.67. The van der Waals surface area contributed by atoms with Gasteiger partial charge in [-0.2, -0.15) is 4.31 Å². The number of amides is 1. The SMILES string of the molecule is Cc1c(C(=O)N2CCN(S(=O)(=O)c3cccnc3)CC2)cccc1[N+](=O)[O-]. The minimum Gasteiger partial charge on any atom is -0.336 e. The van der Waals surface area contributed by atoms with Crippen molar-refractivity contribution in [1.82, 2.24) is 14.2 Å². The van der Waals surface area contributed by atoms with Gasteiger partial charge in [-0.1, -0.05) is 6.07 Å². The maximum atomic E-state index is 12.7. The molecule has 3 rings (SSSR count). The molecule has 0 N–H and O–H groups in total. The fourth-order valence-corrected chi connectivity index (χ4v) is 4.39. The first-order valence-electron chi connectivity index (χ1n) is 8.26. The van der Waals surface area contributed by atoms with Gasteiger partial charge in [0.2, 0.25) is 10.0 Å². The van der Waals surface area contributed by atoms with Crippen LogP contribution in [-0.4, -0.2) is 59.6 Å². The minimum atomic E-state index is -3.66. The van der Waals surface area contributed by atoms with Crippen molar-refractivity contribution in [2.75, 3.05) is 26.2 Å². The molecule has 0 radical (unpaired) electrons. The van der Waals surface area contributed by atoms with Crippen molar-refractivity contribution >= 4 is 21.6 Å².